The lowest BCUT2D eigenvalue weighted by Gasteiger charge is -2.12. The molecular weight excluding hydrogens is 382 g/mol. The van der Waals surface area contributed by atoms with E-state index in [-0.39, 0.29) is 5.69 Å². The van der Waals surface area contributed by atoms with Gasteiger partial charge in [0.05, 0.1) is 12.2 Å². The van der Waals surface area contributed by atoms with Gasteiger partial charge in [-0.05, 0) is 50.7 Å². The summed E-state index contributed by atoms with van der Waals surface area (Å²) in [6.07, 6.45) is 5.91. The Morgan fingerprint density at radius 1 is 1.36 bits per heavy atom. The van der Waals surface area contributed by atoms with Gasteiger partial charge in [-0.25, -0.2) is 9.59 Å². The van der Waals surface area contributed by atoms with Crippen molar-refractivity contribution in [1.29, 1.82) is 0 Å². The van der Waals surface area contributed by atoms with Gasteiger partial charge < -0.3 is 15.2 Å². The smallest absolute Gasteiger partial charge is 0.341 e. The number of ether oxygens (including phenoxy) is 1. The van der Waals surface area contributed by atoms with Crippen LogP contribution in [0.1, 0.15) is 70.4 Å². The first-order valence-corrected chi connectivity index (χ1v) is 10.1. The maximum absolute atomic E-state index is 12.6. The average Bonchev–Trinajstić information content (AvgIpc) is 3.30. The van der Waals surface area contributed by atoms with Crippen molar-refractivity contribution >= 4 is 34.2 Å². The molecule has 28 heavy (non-hydrogen) atoms. The van der Waals surface area contributed by atoms with Crippen molar-refractivity contribution in [1.82, 2.24) is 9.78 Å². The number of amides is 1. The van der Waals surface area contributed by atoms with Gasteiger partial charge in [0.1, 0.15) is 11.0 Å². The summed E-state index contributed by atoms with van der Waals surface area (Å²) in [4.78, 5) is 37.4. The van der Waals surface area contributed by atoms with Crippen LogP contribution in [0.2, 0.25) is 0 Å². The van der Waals surface area contributed by atoms with Gasteiger partial charge in [0.2, 0.25) is 0 Å². The summed E-state index contributed by atoms with van der Waals surface area (Å²) < 4.78 is 6.54. The Morgan fingerprint density at radius 2 is 2.11 bits per heavy atom. The highest BCUT2D eigenvalue weighted by Crippen LogP contribution is 2.38. The number of esters is 1. The van der Waals surface area contributed by atoms with Gasteiger partial charge in [-0.2, -0.15) is 5.10 Å². The monoisotopic (exact) mass is 405 g/mol. The minimum atomic E-state index is -1.04. The second kappa shape index (κ2) is 8.55. The van der Waals surface area contributed by atoms with E-state index in [0.29, 0.717) is 17.2 Å². The maximum Gasteiger partial charge on any atom is 0.341 e. The van der Waals surface area contributed by atoms with Gasteiger partial charge in [0.15, 0.2) is 5.69 Å². The molecule has 1 amide bonds. The predicted octanol–water partition coefficient (Wildman–Crippen LogP) is 3.29. The number of aryl methyl sites for hydroxylation is 1. The lowest BCUT2D eigenvalue weighted by molar-refractivity contribution is -0.140. The molecular formula is C19H23N3O5S. The molecule has 0 radical (unpaired) electrons. The Labute approximate surface area is 166 Å². The summed E-state index contributed by atoms with van der Waals surface area (Å²) >= 11 is 1.40. The standard InChI is InChI=1S/C19H23N3O5S/c1-3-10-27-19(26)15-12-6-4-5-7-14(12)28-17(15)20-16(23)13-8-9-22(21-13)11(2)18(24)25/h8-9,11H,3-7,10H2,1-2H3,(H,20,23)(H,24,25). The normalized spacial score (nSPS) is 14.2. The summed E-state index contributed by atoms with van der Waals surface area (Å²) in [6, 6.07) is 0.576. The highest BCUT2D eigenvalue weighted by Gasteiger charge is 2.28. The molecule has 150 valence electrons. The van der Waals surface area contributed by atoms with Crippen LogP contribution in [0.3, 0.4) is 0 Å². The molecule has 1 atom stereocenters. The maximum atomic E-state index is 12.6. The Hall–Kier alpha value is -2.68. The van der Waals surface area contributed by atoms with E-state index in [1.54, 1.807) is 0 Å². The number of aromatic nitrogens is 2. The van der Waals surface area contributed by atoms with Crippen LogP contribution >= 0.6 is 11.3 Å². The summed E-state index contributed by atoms with van der Waals surface area (Å²) in [5.41, 5.74) is 1.50. The summed E-state index contributed by atoms with van der Waals surface area (Å²) in [5.74, 6) is -1.94. The minimum Gasteiger partial charge on any atom is -0.480 e. The van der Waals surface area contributed by atoms with E-state index in [2.05, 4.69) is 10.4 Å². The van der Waals surface area contributed by atoms with E-state index in [0.717, 1.165) is 42.5 Å². The Bertz CT molecular complexity index is 902. The largest absolute Gasteiger partial charge is 0.480 e. The van der Waals surface area contributed by atoms with Crippen molar-refractivity contribution in [3.8, 4) is 0 Å². The predicted molar refractivity (Wildman–Crippen MR) is 104 cm³/mol. The number of carbonyl (C=O) groups excluding carboxylic acids is 2. The molecule has 2 aromatic rings. The van der Waals surface area contributed by atoms with Gasteiger partial charge in [-0.3, -0.25) is 9.48 Å². The van der Waals surface area contributed by atoms with Crippen LogP contribution in [0.5, 0.6) is 0 Å². The van der Waals surface area contributed by atoms with E-state index < -0.39 is 23.9 Å². The van der Waals surface area contributed by atoms with Gasteiger partial charge in [0.25, 0.3) is 5.91 Å². The zero-order valence-electron chi connectivity index (χ0n) is 15.9. The number of fused-ring (bicyclic) bond motifs is 1. The molecule has 2 heterocycles. The molecule has 0 aliphatic heterocycles. The van der Waals surface area contributed by atoms with Crippen molar-refractivity contribution in [3.05, 3.63) is 34.0 Å². The van der Waals surface area contributed by atoms with Gasteiger partial charge in [0, 0.05) is 11.1 Å². The molecule has 8 nitrogen and oxygen atoms in total. The van der Waals surface area contributed by atoms with Crippen molar-refractivity contribution in [2.45, 2.75) is 52.0 Å². The third-order valence-corrected chi connectivity index (χ3v) is 5.84. The van der Waals surface area contributed by atoms with Crippen molar-refractivity contribution in [3.63, 3.8) is 0 Å². The lowest BCUT2D eigenvalue weighted by atomic mass is 9.95. The summed E-state index contributed by atoms with van der Waals surface area (Å²) in [5, 5.41) is 16.4. The third-order valence-electron chi connectivity index (χ3n) is 4.63. The minimum absolute atomic E-state index is 0.0901. The van der Waals surface area contributed by atoms with Gasteiger partial charge in [-0.1, -0.05) is 6.92 Å². The lowest BCUT2D eigenvalue weighted by Crippen LogP contribution is -2.19. The van der Waals surface area contributed by atoms with Crippen molar-refractivity contribution in [2.24, 2.45) is 0 Å². The van der Waals surface area contributed by atoms with Crippen LogP contribution in [0.25, 0.3) is 0 Å². The number of anilines is 1. The van der Waals surface area contributed by atoms with Crippen LogP contribution in [-0.2, 0) is 22.4 Å². The Morgan fingerprint density at radius 3 is 2.82 bits per heavy atom. The number of hydrogen-bond donors (Lipinski definition) is 2. The first-order valence-electron chi connectivity index (χ1n) is 9.33. The number of carbonyl (C=O) groups is 3. The molecule has 0 fully saturated rings. The number of thiophene rings is 1. The summed E-state index contributed by atoms with van der Waals surface area (Å²) in [6.45, 7) is 3.73. The topological polar surface area (TPSA) is 111 Å². The molecule has 9 heteroatoms. The zero-order chi connectivity index (χ0) is 20.3. The SMILES string of the molecule is CCCOC(=O)c1c(NC(=O)c2ccn(C(C)C(=O)O)n2)sc2c1CCCC2. The highest BCUT2D eigenvalue weighted by molar-refractivity contribution is 7.17. The van der Waals surface area contributed by atoms with Crippen LogP contribution in [0.15, 0.2) is 12.3 Å². The molecule has 0 saturated heterocycles. The fourth-order valence-electron chi connectivity index (χ4n) is 3.09. The van der Waals surface area contributed by atoms with Crippen molar-refractivity contribution < 1.29 is 24.2 Å². The van der Waals surface area contributed by atoms with Gasteiger partial charge >= 0.3 is 11.9 Å². The second-order valence-corrected chi connectivity index (χ2v) is 7.81. The highest BCUT2D eigenvalue weighted by atomic mass is 32.1. The van der Waals surface area contributed by atoms with E-state index in [1.807, 2.05) is 6.92 Å². The van der Waals surface area contributed by atoms with Crippen LogP contribution < -0.4 is 5.32 Å². The average molecular weight is 405 g/mol. The zero-order valence-corrected chi connectivity index (χ0v) is 16.7. The molecule has 1 aliphatic rings. The number of nitrogens with zero attached hydrogens (tertiary/aromatic N) is 2. The summed E-state index contributed by atoms with van der Waals surface area (Å²) in [7, 11) is 0. The fourth-order valence-corrected chi connectivity index (χ4v) is 4.36. The van der Waals surface area contributed by atoms with Crippen molar-refractivity contribution in [2.75, 3.05) is 11.9 Å². The number of nitrogens with one attached hydrogen (secondary N) is 1. The number of aliphatic carboxylic acids is 1. The second-order valence-electron chi connectivity index (χ2n) is 6.70. The van der Waals surface area contributed by atoms with E-state index >= 15 is 0 Å². The first kappa shape index (κ1) is 20.1. The van der Waals surface area contributed by atoms with Crippen LogP contribution in [0, 0.1) is 0 Å². The van der Waals surface area contributed by atoms with E-state index in [4.69, 9.17) is 9.84 Å². The molecule has 2 aromatic heterocycles. The number of carboxylic acids is 1. The molecule has 0 bridgehead atoms. The molecule has 0 spiro atoms. The number of rotatable bonds is 7. The molecule has 3 rings (SSSR count). The number of hydrogen-bond acceptors (Lipinski definition) is 6. The van der Waals surface area contributed by atoms with E-state index in [9.17, 15) is 14.4 Å². The van der Waals surface area contributed by atoms with Crippen LogP contribution in [-0.4, -0.2) is 39.3 Å². The Kier molecular flexibility index (Phi) is 6.13. The third kappa shape index (κ3) is 4.09. The van der Waals surface area contributed by atoms with E-state index in [1.165, 1.54) is 35.2 Å². The molecule has 0 saturated carbocycles. The number of carboxylic acid groups (broad SMARTS) is 1. The molecule has 0 aromatic carbocycles. The Balaban J connectivity index is 1.85. The fraction of sp³-hybridized carbons (Fsp3) is 0.474. The molecule has 2 N–H and O–H groups in total. The van der Waals surface area contributed by atoms with Gasteiger partial charge in [-0.15, -0.1) is 11.3 Å². The van der Waals surface area contributed by atoms with Crippen LogP contribution in [0.4, 0.5) is 5.00 Å². The quantitative estimate of drug-likeness (QED) is 0.684. The molecule has 1 aliphatic carbocycles. The first-order chi connectivity index (χ1) is 13.4. The molecule has 1 unspecified atom stereocenters.